The van der Waals surface area contributed by atoms with Gasteiger partial charge in [-0.2, -0.15) is 5.10 Å². The SMILES string of the molecule is Cc1cc(C)cc(NC(=O)CCn2ncc3c(C)cccc32)c1. The van der Waals surface area contributed by atoms with E-state index >= 15 is 0 Å². The molecule has 3 aromatic rings. The second kappa shape index (κ2) is 6.24. The molecule has 1 aromatic heterocycles. The summed E-state index contributed by atoms with van der Waals surface area (Å²) in [6.45, 7) is 6.70. The summed E-state index contributed by atoms with van der Waals surface area (Å²) in [4.78, 5) is 12.2. The summed E-state index contributed by atoms with van der Waals surface area (Å²) in [6.07, 6.45) is 2.27. The van der Waals surface area contributed by atoms with E-state index in [0.717, 1.165) is 27.7 Å². The molecule has 23 heavy (non-hydrogen) atoms. The van der Waals surface area contributed by atoms with Gasteiger partial charge in [-0.05, 0) is 55.7 Å². The number of anilines is 1. The van der Waals surface area contributed by atoms with Gasteiger partial charge in [0, 0.05) is 17.5 Å². The Bertz CT molecular complexity index is 844. The number of hydrogen-bond acceptors (Lipinski definition) is 2. The molecule has 0 aliphatic rings. The standard InChI is InChI=1S/C19H21N3O/c1-13-9-14(2)11-16(10-13)21-19(23)7-8-22-18-6-4-5-15(3)17(18)12-20-22/h4-6,9-12H,7-8H2,1-3H3,(H,21,23). The number of aromatic nitrogens is 2. The van der Waals surface area contributed by atoms with Gasteiger partial charge in [0.1, 0.15) is 0 Å². The van der Waals surface area contributed by atoms with Crippen molar-refractivity contribution >= 4 is 22.5 Å². The molecule has 0 saturated carbocycles. The van der Waals surface area contributed by atoms with E-state index < -0.39 is 0 Å². The molecule has 0 saturated heterocycles. The van der Waals surface area contributed by atoms with Gasteiger partial charge in [-0.15, -0.1) is 0 Å². The zero-order chi connectivity index (χ0) is 16.4. The van der Waals surface area contributed by atoms with Crippen LogP contribution < -0.4 is 5.32 Å². The van der Waals surface area contributed by atoms with E-state index in [-0.39, 0.29) is 5.91 Å². The van der Waals surface area contributed by atoms with Crippen molar-refractivity contribution in [1.82, 2.24) is 9.78 Å². The topological polar surface area (TPSA) is 46.9 Å². The van der Waals surface area contributed by atoms with Crippen LogP contribution in [0.2, 0.25) is 0 Å². The lowest BCUT2D eigenvalue weighted by atomic mass is 10.1. The average molecular weight is 307 g/mol. The highest BCUT2D eigenvalue weighted by molar-refractivity contribution is 5.91. The minimum Gasteiger partial charge on any atom is -0.326 e. The van der Waals surface area contributed by atoms with Crippen molar-refractivity contribution in [3.8, 4) is 0 Å². The highest BCUT2D eigenvalue weighted by Crippen LogP contribution is 2.18. The van der Waals surface area contributed by atoms with Gasteiger partial charge >= 0.3 is 0 Å². The monoisotopic (exact) mass is 307 g/mol. The second-order valence-electron chi connectivity index (χ2n) is 6.05. The van der Waals surface area contributed by atoms with E-state index in [0.29, 0.717) is 13.0 Å². The number of nitrogens with one attached hydrogen (secondary N) is 1. The molecular formula is C19H21N3O. The Labute approximate surface area is 136 Å². The fraction of sp³-hybridized carbons (Fsp3) is 0.263. The Balaban J connectivity index is 1.67. The number of rotatable bonds is 4. The molecule has 0 spiro atoms. The molecule has 1 heterocycles. The third-order valence-electron chi connectivity index (χ3n) is 3.96. The van der Waals surface area contributed by atoms with Gasteiger partial charge < -0.3 is 5.32 Å². The Morgan fingerprint density at radius 1 is 1.13 bits per heavy atom. The predicted molar refractivity (Wildman–Crippen MR) is 93.6 cm³/mol. The van der Waals surface area contributed by atoms with Crippen LogP contribution >= 0.6 is 0 Å². The largest absolute Gasteiger partial charge is 0.326 e. The fourth-order valence-electron chi connectivity index (χ4n) is 2.90. The lowest BCUT2D eigenvalue weighted by Gasteiger charge is -2.08. The van der Waals surface area contributed by atoms with Crippen LogP contribution in [0.15, 0.2) is 42.6 Å². The lowest BCUT2D eigenvalue weighted by Crippen LogP contribution is -2.15. The van der Waals surface area contributed by atoms with Crippen LogP contribution in [0, 0.1) is 20.8 Å². The van der Waals surface area contributed by atoms with Crippen LogP contribution in [0.4, 0.5) is 5.69 Å². The Morgan fingerprint density at radius 3 is 2.61 bits per heavy atom. The highest BCUT2D eigenvalue weighted by Gasteiger charge is 2.08. The molecular weight excluding hydrogens is 286 g/mol. The Kier molecular flexibility index (Phi) is 4.15. The number of nitrogens with zero attached hydrogens (tertiary/aromatic N) is 2. The summed E-state index contributed by atoms with van der Waals surface area (Å²) >= 11 is 0. The van der Waals surface area contributed by atoms with E-state index in [1.165, 1.54) is 5.56 Å². The summed E-state index contributed by atoms with van der Waals surface area (Å²) in [7, 11) is 0. The van der Waals surface area contributed by atoms with Crippen molar-refractivity contribution in [2.24, 2.45) is 0 Å². The molecule has 0 unspecified atom stereocenters. The number of fused-ring (bicyclic) bond motifs is 1. The number of aryl methyl sites for hydroxylation is 4. The number of carbonyl (C=O) groups excluding carboxylic acids is 1. The third kappa shape index (κ3) is 3.42. The first-order chi connectivity index (χ1) is 11.0. The van der Waals surface area contributed by atoms with Gasteiger partial charge in [0.25, 0.3) is 0 Å². The van der Waals surface area contributed by atoms with E-state index in [1.807, 2.05) is 49.0 Å². The molecule has 3 rings (SSSR count). The number of amides is 1. The fourth-order valence-corrected chi connectivity index (χ4v) is 2.90. The molecule has 1 N–H and O–H groups in total. The number of hydrogen-bond donors (Lipinski definition) is 1. The Hall–Kier alpha value is -2.62. The van der Waals surface area contributed by atoms with Crippen molar-refractivity contribution < 1.29 is 4.79 Å². The molecule has 118 valence electrons. The van der Waals surface area contributed by atoms with Crippen LogP contribution in [-0.4, -0.2) is 15.7 Å². The molecule has 0 fully saturated rings. The molecule has 0 aliphatic carbocycles. The maximum Gasteiger partial charge on any atom is 0.226 e. The highest BCUT2D eigenvalue weighted by atomic mass is 16.1. The minimum atomic E-state index is 0.00584. The zero-order valence-corrected chi connectivity index (χ0v) is 13.8. The summed E-state index contributed by atoms with van der Waals surface area (Å²) in [5, 5.41) is 8.51. The zero-order valence-electron chi connectivity index (χ0n) is 13.8. The van der Waals surface area contributed by atoms with Crippen LogP contribution in [0.25, 0.3) is 10.9 Å². The molecule has 2 aromatic carbocycles. The quantitative estimate of drug-likeness (QED) is 0.792. The molecule has 0 bridgehead atoms. The minimum absolute atomic E-state index is 0.00584. The lowest BCUT2D eigenvalue weighted by molar-refractivity contribution is -0.116. The van der Waals surface area contributed by atoms with Crippen molar-refractivity contribution in [3.63, 3.8) is 0 Å². The van der Waals surface area contributed by atoms with Gasteiger partial charge in [-0.1, -0.05) is 18.2 Å². The maximum atomic E-state index is 12.2. The summed E-state index contributed by atoms with van der Waals surface area (Å²) in [5.41, 5.74) is 5.42. The second-order valence-corrected chi connectivity index (χ2v) is 6.05. The first kappa shape index (κ1) is 15.3. The van der Waals surface area contributed by atoms with E-state index in [4.69, 9.17) is 0 Å². The first-order valence-corrected chi connectivity index (χ1v) is 7.82. The summed E-state index contributed by atoms with van der Waals surface area (Å²) in [6, 6.07) is 12.2. The van der Waals surface area contributed by atoms with Gasteiger partial charge in [-0.3, -0.25) is 9.48 Å². The molecule has 0 radical (unpaired) electrons. The van der Waals surface area contributed by atoms with Crippen molar-refractivity contribution in [1.29, 1.82) is 0 Å². The first-order valence-electron chi connectivity index (χ1n) is 7.82. The smallest absolute Gasteiger partial charge is 0.226 e. The van der Waals surface area contributed by atoms with Crippen LogP contribution in [0.3, 0.4) is 0 Å². The van der Waals surface area contributed by atoms with Gasteiger partial charge in [-0.25, -0.2) is 0 Å². The van der Waals surface area contributed by atoms with Crippen molar-refractivity contribution in [3.05, 3.63) is 59.3 Å². The van der Waals surface area contributed by atoms with Crippen LogP contribution in [0.5, 0.6) is 0 Å². The molecule has 4 nitrogen and oxygen atoms in total. The normalized spacial score (nSPS) is 10.9. The molecule has 4 heteroatoms. The molecule has 0 atom stereocenters. The van der Waals surface area contributed by atoms with Crippen molar-refractivity contribution in [2.45, 2.75) is 33.7 Å². The third-order valence-corrected chi connectivity index (χ3v) is 3.96. The molecule has 1 amide bonds. The average Bonchev–Trinajstić information content (AvgIpc) is 2.88. The van der Waals surface area contributed by atoms with Crippen LogP contribution in [-0.2, 0) is 11.3 Å². The van der Waals surface area contributed by atoms with E-state index in [9.17, 15) is 4.79 Å². The summed E-state index contributed by atoms with van der Waals surface area (Å²) in [5.74, 6) is 0.00584. The number of carbonyl (C=O) groups is 1. The molecule has 0 aliphatic heterocycles. The number of benzene rings is 2. The van der Waals surface area contributed by atoms with Gasteiger partial charge in [0.05, 0.1) is 18.3 Å². The predicted octanol–water partition coefficient (Wildman–Crippen LogP) is 3.99. The Morgan fingerprint density at radius 2 is 1.87 bits per heavy atom. The van der Waals surface area contributed by atoms with E-state index in [2.05, 4.69) is 29.5 Å². The maximum absolute atomic E-state index is 12.2. The van der Waals surface area contributed by atoms with Crippen molar-refractivity contribution in [2.75, 3.05) is 5.32 Å². The van der Waals surface area contributed by atoms with Gasteiger partial charge in [0.15, 0.2) is 0 Å². The summed E-state index contributed by atoms with van der Waals surface area (Å²) < 4.78 is 1.89. The van der Waals surface area contributed by atoms with Crippen LogP contribution in [0.1, 0.15) is 23.1 Å². The van der Waals surface area contributed by atoms with E-state index in [1.54, 1.807) is 0 Å². The van der Waals surface area contributed by atoms with Gasteiger partial charge in [0.2, 0.25) is 5.91 Å².